The summed E-state index contributed by atoms with van der Waals surface area (Å²) in [6.45, 7) is 6.95. The Morgan fingerprint density at radius 2 is 2.12 bits per heavy atom. The molecule has 6 heteroatoms. The van der Waals surface area contributed by atoms with E-state index < -0.39 is 11.8 Å². The van der Waals surface area contributed by atoms with Gasteiger partial charge in [-0.2, -0.15) is 0 Å². The number of esters is 1. The van der Waals surface area contributed by atoms with Gasteiger partial charge in [0.1, 0.15) is 23.5 Å². The number of carbonyl (C=O) groups excluding carboxylic acids is 1. The second-order valence-corrected chi connectivity index (χ2v) is 6.18. The summed E-state index contributed by atoms with van der Waals surface area (Å²) in [5.41, 5.74) is 2.93. The Hall–Kier alpha value is -2.50. The van der Waals surface area contributed by atoms with E-state index in [0.717, 1.165) is 24.2 Å². The average molecular weight is 347 g/mol. The third-order valence-corrected chi connectivity index (χ3v) is 4.63. The quantitative estimate of drug-likeness (QED) is 0.764. The molecule has 0 bridgehead atoms. The van der Waals surface area contributed by atoms with Gasteiger partial charge in [0.25, 0.3) is 0 Å². The van der Waals surface area contributed by atoms with Gasteiger partial charge in [0.2, 0.25) is 0 Å². The van der Waals surface area contributed by atoms with E-state index in [1.807, 2.05) is 14.0 Å². The van der Waals surface area contributed by atoms with E-state index in [1.54, 1.807) is 13.8 Å². The highest BCUT2D eigenvalue weighted by Gasteiger charge is 2.22. The van der Waals surface area contributed by atoms with E-state index in [1.165, 1.54) is 12.1 Å². The summed E-state index contributed by atoms with van der Waals surface area (Å²) in [6.07, 6.45) is 0.908. The minimum atomic E-state index is -0.513. The number of fused-ring (bicyclic) bond motifs is 1. The second-order valence-electron chi connectivity index (χ2n) is 6.18. The Morgan fingerprint density at radius 1 is 1.36 bits per heavy atom. The number of carbonyl (C=O) groups is 1. The molecule has 0 spiro atoms. The van der Waals surface area contributed by atoms with E-state index in [0.29, 0.717) is 28.9 Å². The third-order valence-electron chi connectivity index (χ3n) is 4.63. The smallest absolute Gasteiger partial charge is 0.342 e. The summed E-state index contributed by atoms with van der Waals surface area (Å²) in [7, 11) is 2.02. The van der Waals surface area contributed by atoms with Gasteiger partial charge < -0.3 is 18.8 Å². The van der Waals surface area contributed by atoms with Gasteiger partial charge in [0.15, 0.2) is 11.6 Å². The average Bonchev–Trinajstić information content (AvgIpc) is 3.05. The molecule has 1 aliphatic rings. The van der Waals surface area contributed by atoms with Crippen LogP contribution in [0.1, 0.15) is 36.4 Å². The van der Waals surface area contributed by atoms with Crippen LogP contribution in [0.4, 0.5) is 4.39 Å². The highest BCUT2D eigenvalue weighted by Crippen LogP contribution is 2.32. The Morgan fingerprint density at radius 3 is 2.76 bits per heavy atom. The van der Waals surface area contributed by atoms with E-state index in [2.05, 4.69) is 4.90 Å². The standard InChI is InChI=1S/C19H22FNO4/c1-5-23-19(22)18-12(3)25-16-9-15(20)17(8-14(16)18)24-10-13-6-7-21(4)11(13)2/h8-9H,5-7,10H2,1-4H3. The summed E-state index contributed by atoms with van der Waals surface area (Å²) in [5.74, 6) is -0.483. The number of nitrogens with zero attached hydrogens (tertiary/aromatic N) is 1. The Labute approximate surface area is 146 Å². The van der Waals surface area contributed by atoms with Crippen molar-refractivity contribution < 1.29 is 23.1 Å². The van der Waals surface area contributed by atoms with Crippen LogP contribution in [0.2, 0.25) is 0 Å². The molecule has 25 heavy (non-hydrogen) atoms. The summed E-state index contributed by atoms with van der Waals surface area (Å²) in [4.78, 5) is 14.3. The summed E-state index contributed by atoms with van der Waals surface area (Å²) in [5, 5.41) is 0.501. The first kappa shape index (κ1) is 17.3. The first-order valence-electron chi connectivity index (χ1n) is 8.34. The molecule has 1 aromatic carbocycles. The van der Waals surface area contributed by atoms with E-state index in [4.69, 9.17) is 13.9 Å². The van der Waals surface area contributed by atoms with Crippen LogP contribution in [0.5, 0.6) is 5.75 Å². The minimum absolute atomic E-state index is 0.105. The van der Waals surface area contributed by atoms with Crippen molar-refractivity contribution in [2.24, 2.45) is 0 Å². The molecule has 0 aliphatic carbocycles. The predicted molar refractivity (Wildman–Crippen MR) is 92.3 cm³/mol. The van der Waals surface area contributed by atoms with Gasteiger partial charge in [-0.05, 0) is 38.8 Å². The lowest BCUT2D eigenvalue weighted by Crippen LogP contribution is -2.10. The van der Waals surface area contributed by atoms with Crippen LogP contribution < -0.4 is 4.74 Å². The van der Waals surface area contributed by atoms with Crippen molar-refractivity contribution in [2.75, 3.05) is 26.8 Å². The van der Waals surface area contributed by atoms with Crippen LogP contribution in [-0.2, 0) is 4.74 Å². The molecule has 134 valence electrons. The van der Waals surface area contributed by atoms with E-state index >= 15 is 0 Å². The van der Waals surface area contributed by atoms with E-state index in [9.17, 15) is 9.18 Å². The number of aryl methyl sites for hydroxylation is 1. The first-order chi connectivity index (χ1) is 11.9. The molecule has 2 aromatic rings. The fraction of sp³-hybridized carbons (Fsp3) is 0.421. The number of furan rings is 1. The number of hydrogen-bond acceptors (Lipinski definition) is 5. The molecule has 0 N–H and O–H groups in total. The zero-order chi connectivity index (χ0) is 18.1. The molecule has 0 saturated heterocycles. The molecule has 0 atom stereocenters. The van der Waals surface area contributed by atoms with Crippen LogP contribution in [0.15, 0.2) is 27.8 Å². The first-order valence-corrected chi connectivity index (χ1v) is 8.34. The van der Waals surface area contributed by atoms with Crippen molar-refractivity contribution in [1.29, 1.82) is 0 Å². The lowest BCUT2D eigenvalue weighted by molar-refractivity contribution is 0.0526. The molecular weight excluding hydrogens is 325 g/mol. The normalized spacial score (nSPS) is 14.5. The predicted octanol–water partition coefficient (Wildman–Crippen LogP) is 4.05. The molecule has 1 aromatic heterocycles. The summed E-state index contributed by atoms with van der Waals surface area (Å²) < 4.78 is 30.6. The highest BCUT2D eigenvalue weighted by atomic mass is 19.1. The molecule has 3 rings (SSSR count). The van der Waals surface area contributed by atoms with Crippen LogP contribution in [0.3, 0.4) is 0 Å². The van der Waals surface area contributed by atoms with Gasteiger partial charge in [-0.3, -0.25) is 0 Å². The van der Waals surface area contributed by atoms with Crippen LogP contribution in [0.25, 0.3) is 11.0 Å². The molecule has 2 heterocycles. The van der Waals surface area contributed by atoms with Crippen LogP contribution in [0, 0.1) is 12.7 Å². The molecule has 0 radical (unpaired) electrons. The third kappa shape index (κ3) is 3.21. The van der Waals surface area contributed by atoms with Gasteiger partial charge in [0, 0.05) is 30.7 Å². The molecule has 0 saturated carbocycles. The van der Waals surface area contributed by atoms with Gasteiger partial charge in [-0.15, -0.1) is 0 Å². The van der Waals surface area contributed by atoms with Crippen molar-refractivity contribution in [2.45, 2.75) is 27.2 Å². The number of allylic oxidation sites excluding steroid dienone is 1. The summed E-state index contributed by atoms with van der Waals surface area (Å²) in [6, 6.07) is 2.77. The fourth-order valence-electron chi connectivity index (χ4n) is 3.05. The Balaban J connectivity index is 1.92. The summed E-state index contributed by atoms with van der Waals surface area (Å²) >= 11 is 0. The van der Waals surface area contributed by atoms with Gasteiger partial charge >= 0.3 is 5.97 Å². The zero-order valence-electron chi connectivity index (χ0n) is 14.9. The van der Waals surface area contributed by atoms with Crippen molar-refractivity contribution >= 4 is 16.9 Å². The molecule has 0 amide bonds. The fourth-order valence-corrected chi connectivity index (χ4v) is 3.05. The highest BCUT2D eigenvalue weighted by molar-refractivity contribution is 6.04. The lowest BCUT2D eigenvalue weighted by Gasteiger charge is -2.12. The van der Waals surface area contributed by atoms with Crippen molar-refractivity contribution in [3.8, 4) is 5.75 Å². The number of ether oxygens (including phenoxy) is 2. The second kappa shape index (κ2) is 6.78. The maximum atomic E-state index is 14.3. The SMILES string of the molecule is CCOC(=O)c1c(C)oc2cc(F)c(OCC3=C(C)N(C)CC3)cc12. The van der Waals surface area contributed by atoms with Crippen molar-refractivity contribution in [3.05, 3.63) is 40.5 Å². The maximum Gasteiger partial charge on any atom is 0.342 e. The number of rotatable bonds is 5. The monoisotopic (exact) mass is 347 g/mol. The zero-order valence-corrected chi connectivity index (χ0v) is 14.9. The topological polar surface area (TPSA) is 51.9 Å². The number of halogens is 1. The lowest BCUT2D eigenvalue weighted by atomic mass is 10.1. The van der Waals surface area contributed by atoms with Crippen LogP contribution in [-0.4, -0.2) is 37.7 Å². The van der Waals surface area contributed by atoms with Gasteiger partial charge in [-0.25, -0.2) is 9.18 Å². The Bertz CT molecular complexity index is 853. The molecule has 0 unspecified atom stereocenters. The van der Waals surface area contributed by atoms with Gasteiger partial charge in [0.05, 0.1) is 6.61 Å². The molecule has 1 aliphatic heterocycles. The number of benzene rings is 1. The molecule has 5 nitrogen and oxygen atoms in total. The van der Waals surface area contributed by atoms with E-state index in [-0.39, 0.29) is 12.4 Å². The Kier molecular flexibility index (Phi) is 4.70. The molecular formula is C19H22FNO4. The maximum absolute atomic E-state index is 14.3. The number of hydrogen-bond donors (Lipinski definition) is 0. The largest absolute Gasteiger partial charge is 0.486 e. The minimum Gasteiger partial charge on any atom is -0.486 e. The van der Waals surface area contributed by atoms with Crippen LogP contribution >= 0.6 is 0 Å². The molecule has 0 fully saturated rings. The van der Waals surface area contributed by atoms with Crippen molar-refractivity contribution in [1.82, 2.24) is 4.90 Å². The van der Waals surface area contributed by atoms with Gasteiger partial charge in [-0.1, -0.05) is 0 Å². The van der Waals surface area contributed by atoms with Crippen molar-refractivity contribution in [3.63, 3.8) is 0 Å².